The highest BCUT2D eigenvalue weighted by atomic mass is 35.5. The van der Waals surface area contributed by atoms with Gasteiger partial charge >= 0.3 is 0 Å². The summed E-state index contributed by atoms with van der Waals surface area (Å²) < 4.78 is 14.3. The molecule has 3 aromatic rings. The molecule has 1 atom stereocenters. The first-order valence-electron chi connectivity index (χ1n) is 10.1. The highest BCUT2D eigenvalue weighted by Crippen LogP contribution is 2.42. The van der Waals surface area contributed by atoms with E-state index in [1.54, 1.807) is 6.92 Å². The van der Waals surface area contributed by atoms with Crippen LogP contribution in [-0.2, 0) is 0 Å². The molecule has 31 heavy (non-hydrogen) atoms. The molecule has 2 amide bonds. The van der Waals surface area contributed by atoms with Crippen LogP contribution in [0, 0.1) is 12.7 Å². The molecule has 0 bridgehead atoms. The van der Waals surface area contributed by atoms with Crippen molar-refractivity contribution in [1.82, 2.24) is 15.5 Å². The molecule has 6 nitrogen and oxygen atoms in total. The Bertz CT molecular complexity index is 1140. The maximum Gasteiger partial charge on any atom is 0.277 e. The molecule has 0 saturated heterocycles. The molecule has 1 fully saturated rings. The normalized spacial score (nSPS) is 14.2. The summed E-state index contributed by atoms with van der Waals surface area (Å²) in [6.45, 7) is 3.39. The van der Waals surface area contributed by atoms with Gasteiger partial charge in [-0.1, -0.05) is 41.9 Å². The molecule has 1 saturated carbocycles. The first-order chi connectivity index (χ1) is 14.8. The molecule has 3 N–H and O–H groups in total. The van der Waals surface area contributed by atoms with Crippen molar-refractivity contribution < 1.29 is 14.0 Å². The smallest absolute Gasteiger partial charge is 0.277 e. The average Bonchev–Trinajstić information content (AvgIpc) is 3.52. The fraction of sp³-hybridized carbons (Fsp3) is 0.261. The Morgan fingerprint density at radius 1 is 1.19 bits per heavy atom. The number of nitrogens with zero attached hydrogens (tertiary/aromatic N) is 1. The Balaban J connectivity index is 1.58. The number of carbonyl (C=O) groups is 2. The van der Waals surface area contributed by atoms with E-state index in [4.69, 9.17) is 11.6 Å². The Labute approximate surface area is 184 Å². The Kier molecular flexibility index (Phi) is 5.78. The lowest BCUT2D eigenvalue weighted by atomic mass is 10.1. The van der Waals surface area contributed by atoms with Crippen LogP contribution in [0.5, 0.6) is 0 Å². The Morgan fingerprint density at radius 3 is 2.58 bits per heavy atom. The van der Waals surface area contributed by atoms with Crippen molar-refractivity contribution in [2.24, 2.45) is 0 Å². The third-order valence-electron chi connectivity index (χ3n) is 5.37. The fourth-order valence-electron chi connectivity index (χ4n) is 3.39. The summed E-state index contributed by atoms with van der Waals surface area (Å²) in [6.07, 6.45) is 2.01. The summed E-state index contributed by atoms with van der Waals surface area (Å²) in [7, 11) is 0. The van der Waals surface area contributed by atoms with Gasteiger partial charge in [0.1, 0.15) is 5.82 Å². The lowest BCUT2D eigenvalue weighted by Gasteiger charge is -2.17. The zero-order valence-corrected chi connectivity index (χ0v) is 17.9. The largest absolute Gasteiger partial charge is 0.345 e. The van der Waals surface area contributed by atoms with E-state index in [0.717, 1.165) is 30.2 Å². The minimum Gasteiger partial charge on any atom is -0.345 e. The van der Waals surface area contributed by atoms with Crippen LogP contribution < -0.4 is 10.6 Å². The highest BCUT2D eigenvalue weighted by Gasteiger charge is 2.31. The number of rotatable bonds is 6. The summed E-state index contributed by atoms with van der Waals surface area (Å²) in [6, 6.07) is 11.7. The van der Waals surface area contributed by atoms with Gasteiger partial charge in [-0.3, -0.25) is 14.7 Å². The van der Waals surface area contributed by atoms with Gasteiger partial charge in [-0.05, 0) is 49.9 Å². The van der Waals surface area contributed by atoms with E-state index in [1.807, 2.05) is 37.3 Å². The number of aromatic nitrogens is 2. The van der Waals surface area contributed by atoms with Crippen LogP contribution in [0.1, 0.15) is 69.4 Å². The summed E-state index contributed by atoms with van der Waals surface area (Å²) in [5.41, 5.74) is 2.22. The summed E-state index contributed by atoms with van der Waals surface area (Å²) in [5.74, 6) is -1.30. The number of aryl methyl sites for hydroxylation is 1. The van der Waals surface area contributed by atoms with Crippen molar-refractivity contribution in [3.8, 4) is 0 Å². The second kappa shape index (κ2) is 8.51. The summed E-state index contributed by atoms with van der Waals surface area (Å²) in [5, 5.41) is 12.7. The maximum absolute atomic E-state index is 14.3. The molecule has 1 aliphatic carbocycles. The van der Waals surface area contributed by atoms with E-state index >= 15 is 0 Å². The molecular formula is C23H22ClFN4O2. The number of anilines is 1. The first kappa shape index (κ1) is 21.1. The molecule has 0 aliphatic heterocycles. The number of nitrogens with one attached hydrogen (secondary N) is 3. The number of hydrogen-bond acceptors (Lipinski definition) is 3. The van der Waals surface area contributed by atoms with Crippen LogP contribution >= 0.6 is 11.6 Å². The molecular weight excluding hydrogens is 419 g/mol. The zero-order chi connectivity index (χ0) is 22.1. The second-order valence-corrected chi connectivity index (χ2v) is 8.16. The van der Waals surface area contributed by atoms with E-state index < -0.39 is 17.6 Å². The first-order valence-corrected chi connectivity index (χ1v) is 10.4. The van der Waals surface area contributed by atoms with Gasteiger partial charge in [0.2, 0.25) is 0 Å². The zero-order valence-electron chi connectivity index (χ0n) is 17.1. The van der Waals surface area contributed by atoms with E-state index in [1.165, 1.54) is 6.07 Å². The quantitative estimate of drug-likeness (QED) is 0.496. The van der Waals surface area contributed by atoms with Gasteiger partial charge in [0, 0.05) is 5.92 Å². The van der Waals surface area contributed by atoms with Crippen LogP contribution in [-0.4, -0.2) is 22.0 Å². The summed E-state index contributed by atoms with van der Waals surface area (Å²) in [4.78, 5) is 25.7. The monoisotopic (exact) mass is 440 g/mol. The van der Waals surface area contributed by atoms with Crippen molar-refractivity contribution >= 4 is 29.1 Å². The molecule has 1 heterocycles. The standard InChI is InChI=1S/C23H22ClFN4O2/c1-12-10-18(27-23(31)21-19(24)20(28-29-21)15-8-9-15)16(11-17(12)25)22(30)26-13(2)14-6-4-3-5-7-14/h3-7,10-11,13,15H,8-9H2,1-2H3,(H,26,30)(H,27,31)(H,28,29). The van der Waals surface area contributed by atoms with E-state index in [-0.39, 0.29) is 28.0 Å². The number of amides is 2. The SMILES string of the molecule is Cc1cc(NC(=O)c2n[nH]c(C3CC3)c2Cl)c(C(=O)NC(C)c2ccccc2)cc1F. The van der Waals surface area contributed by atoms with Gasteiger partial charge in [-0.15, -0.1) is 0 Å². The molecule has 1 aromatic heterocycles. The third kappa shape index (κ3) is 4.46. The maximum atomic E-state index is 14.3. The minimum atomic E-state index is -0.565. The average molecular weight is 441 g/mol. The highest BCUT2D eigenvalue weighted by molar-refractivity contribution is 6.35. The van der Waals surface area contributed by atoms with Gasteiger partial charge < -0.3 is 10.6 Å². The van der Waals surface area contributed by atoms with Gasteiger partial charge in [-0.2, -0.15) is 5.10 Å². The number of carbonyl (C=O) groups excluding carboxylic acids is 2. The third-order valence-corrected chi connectivity index (χ3v) is 5.75. The van der Waals surface area contributed by atoms with Crippen molar-refractivity contribution in [2.75, 3.05) is 5.32 Å². The minimum absolute atomic E-state index is 0.0216. The molecule has 0 spiro atoms. The van der Waals surface area contributed by atoms with Gasteiger partial charge in [0.25, 0.3) is 11.8 Å². The topological polar surface area (TPSA) is 86.9 Å². The van der Waals surface area contributed by atoms with Crippen LogP contribution in [0.2, 0.25) is 5.02 Å². The van der Waals surface area contributed by atoms with E-state index in [2.05, 4.69) is 20.8 Å². The Hall–Kier alpha value is -3.19. The van der Waals surface area contributed by atoms with Crippen molar-refractivity contribution in [3.63, 3.8) is 0 Å². The predicted octanol–water partition coefficient (Wildman–Crippen LogP) is 5.13. The second-order valence-electron chi connectivity index (χ2n) is 7.78. The number of aromatic amines is 1. The van der Waals surface area contributed by atoms with E-state index in [9.17, 15) is 14.0 Å². The lowest BCUT2D eigenvalue weighted by Crippen LogP contribution is -2.28. The van der Waals surface area contributed by atoms with Crippen LogP contribution in [0.3, 0.4) is 0 Å². The molecule has 2 aromatic carbocycles. The van der Waals surface area contributed by atoms with Gasteiger partial charge in [0.15, 0.2) is 5.69 Å². The van der Waals surface area contributed by atoms with Crippen molar-refractivity contribution in [2.45, 2.75) is 38.6 Å². The summed E-state index contributed by atoms with van der Waals surface area (Å²) >= 11 is 6.32. The van der Waals surface area contributed by atoms with Gasteiger partial charge in [-0.25, -0.2) is 4.39 Å². The van der Waals surface area contributed by atoms with E-state index in [0.29, 0.717) is 11.5 Å². The number of hydrogen-bond donors (Lipinski definition) is 3. The molecule has 4 rings (SSSR count). The van der Waals surface area contributed by atoms with Gasteiger partial charge in [0.05, 0.1) is 28.0 Å². The van der Waals surface area contributed by atoms with Crippen LogP contribution in [0.25, 0.3) is 0 Å². The number of halogens is 2. The van der Waals surface area contributed by atoms with Crippen molar-refractivity contribution in [1.29, 1.82) is 0 Å². The van der Waals surface area contributed by atoms with Crippen LogP contribution in [0.15, 0.2) is 42.5 Å². The lowest BCUT2D eigenvalue weighted by molar-refractivity contribution is 0.0940. The molecule has 1 unspecified atom stereocenters. The molecule has 1 aliphatic rings. The Morgan fingerprint density at radius 2 is 1.90 bits per heavy atom. The molecule has 160 valence electrons. The number of benzene rings is 2. The van der Waals surface area contributed by atoms with Crippen LogP contribution in [0.4, 0.5) is 10.1 Å². The van der Waals surface area contributed by atoms with Crippen molar-refractivity contribution in [3.05, 3.63) is 81.4 Å². The fourth-order valence-corrected chi connectivity index (χ4v) is 3.71. The molecule has 0 radical (unpaired) electrons. The number of H-pyrrole nitrogens is 1. The predicted molar refractivity (Wildman–Crippen MR) is 117 cm³/mol. The molecule has 8 heteroatoms.